The van der Waals surface area contributed by atoms with Gasteiger partial charge >= 0.3 is 53.7 Å². The Morgan fingerprint density at radius 3 is 1.35 bits per heavy atom. The first-order valence-electron chi connectivity index (χ1n) is 25.0. The number of allylic oxidation sites excluding steroid dienone is 4. The highest BCUT2D eigenvalue weighted by atomic mass is 16.6. The van der Waals surface area contributed by atoms with Gasteiger partial charge in [0.2, 0.25) is 0 Å². The SMILES string of the molecule is C#C.C=CCOCCOC(=O)C1(C)C/C=C(OC(=O)c2ccc(-c3ccc(OC(=O)CCC(=O)OCCOC(=O)C=C)cc3)cc2)\C=C/C/C=C\1OC(=O)c1ccc(-c2ccc(OC(=O)CCC(=O)OCCOC(=O)C=C)cc2)cc1. The third kappa shape index (κ3) is 21.8. The number of carbonyl (C=O) groups is 9. The lowest BCUT2D eigenvalue weighted by Crippen LogP contribution is -2.34. The standard InChI is InChI=1S/C60H58O19.C2H2/c1-5-34-70-35-36-75-59(69)60(4)33-32-47(78-57(67)45-16-12-41(13-17-45)43-20-24-48(25-21-43)76-55(65)30-28-53(63)73-39-37-71-51(61)6-2)10-8-9-11-50(60)79-58(68)46-18-14-42(15-19-46)44-22-26-49(27-23-44)77-56(66)31-29-54(64)74-40-38-72-52(62)7-3;1-2/h5-8,10-27,32H,1-3,9,28-31,33-40H2,4H3;1-2H/b10-8-,47-32+,50-11+;. The van der Waals surface area contributed by atoms with Crippen molar-refractivity contribution >= 4 is 53.7 Å². The summed E-state index contributed by atoms with van der Waals surface area (Å²) < 4.78 is 52.8. The second-order valence-corrected chi connectivity index (χ2v) is 17.0. The van der Waals surface area contributed by atoms with Crippen molar-refractivity contribution in [2.24, 2.45) is 5.41 Å². The Balaban J connectivity index is 0.00000697. The molecule has 1 atom stereocenters. The minimum Gasteiger partial charge on any atom is -0.462 e. The van der Waals surface area contributed by atoms with Crippen LogP contribution in [0.4, 0.5) is 0 Å². The number of ether oxygens (including phenoxy) is 10. The fourth-order valence-corrected chi connectivity index (χ4v) is 6.98. The molecule has 422 valence electrons. The number of terminal acetylenes is 1. The van der Waals surface area contributed by atoms with Crippen molar-refractivity contribution in [3.8, 4) is 46.6 Å². The van der Waals surface area contributed by atoms with Crippen LogP contribution in [-0.2, 0) is 71.5 Å². The van der Waals surface area contributed by atoms with Crippen molar-refractivity contribution in [3.05, 3.63) is 182 Å². The molecule has 0 spiro atoms. The Morgan fingerprint density at radius 1 is 0.494 bits per heavy atom. The van der Waals surface area contributed by atoms with Crippen molar-refractivity contribution in [1.82, 2.24) is 0 Å². The molecule has 1 unspecified atom stereocenters. The van der Waals surface area contributed by atoms with E-state index in [1.165, 1.54) is 6.08 Å². The van der Waals surface area contributed by atoms with Crippen LogP contribution in [0.2, 0.25) is 0 Å². The summed E-state index contributed by atoms with van der Waals surface area (Å²) in [7, 11) is 0. The Labute approximate surface area is 468 Å². The molecule has 19 nitrogen and oxygen atoms in total. The first kappa shape index (κ1) is 63.6. The minimum atomic E-state index is -1.59. The van der Waals surface area contributed by atoms with Crippen LogP contribution in [0.15, 0.2) is 171 Å². The summed E-state index contributed by atoms with van der Waals surface area (Å²) in [6.45, 7) is 11.3. The normalized spacial score (nSPS) is 15.0. The van der Waals surface area contributed by atoms with Gasteiger partial charge in [0.05, 0.1) is 50.0 Å². The first-order chi connectivity index (χ1) is 39.1. The highest BCUT2D eigenvalue weighted by Gasteiger charge is 2.41. The molecule has 0 fully saturated rings. The molecule has 0 amide bonds. The van der Waals surface area contributed by atoms with E-state index in [2.05, 4.69) is 32.6 Å². The van der Waals surface area contributed by atoms with Crippen LogP contribution in [-0.4, -0.2) is 100.0 Å². The number of carbonyl (C=O) groups excluding carboxylic acids is 9. The summed E-state index contributed by atoms with van der Waals surface area (Å²) >= 11 is 0. The number of benzene rings is 4. The summed E-state index contributed by atoms with van der Waals surface area (Å²) in [5, 5.41) is 0. The van der Waals surface area contributed by atoms with Crippen LogP contribution in [0.5, 0.6) is 11.5 Å². The molecule has 0 saturated carbocycles. The van der Waals surface area contributed by atoms with Crippen molar-refractivity contribution in [3.63, 3.8) is 0 Å². The highest BCUT2D eigenvalue weighted by molar-refractivity contribution is 5.93. The van der Waals surface area contributed by atoms with E-state index in [9.17, 15) is 43.2 Å². The second kappa shape index (κ2) is 34.1. The average molecular weight is 1110 g/mol. The van der Waals surface area contributed by atoms with Gasteiger partial charge in [0.1, 0.15) is 61.5 Å². The van der Waals surface area contributed by atoms with Gasteiger partial charge in [0, 0.05) is 12.2 Å². The molecule has 4 aromatic rings. The minimum absolute atomic E-state index is 0.00275. The van der Waals surface area contributed by atoms with E-state index in [1.807, 2.05) is 0 Å². The fourth-order valence-electron chi connectivity index (χ4n) is 6.98. The van der Waals surface area contributed by atoms with Crippen LogP contribution in [0.25, 0.3) is 22.3 Å². The van der Waals surface area contributed by atoms with E-state index in [0.717, 1.165) is 28.8 Å². The van der Waals surface area contributed by atoms with E-state index >= 15 is 0 Å². The monoisotopic (exact) mass is 1110 g/mol. The molecule has 4 aromatic carbocycles. The summed E-state index contributed by atoms with van der Waals surface area (Å²) in [5.74, 6) is -5.49. The molecule has 1 aliphatic carbocycles. The van der Waals surface area contributed by atoms with Crippen molar-refractivity contribution < 1.29 is 90.5 Å². The van der Waals surface area contributed by atoms with Crippen LogP contribution >= 0.6 is 0 Å². The molecule has 81 heavy (non-hydrogen) atoms. The average Bonchev–Trinajstić information content (AvgIpc) is 3.60. The van der Waals surface area contributed by atoms with Gasteiger partial charge in [-0.2, -0.15) is 0 Å². The third-order valence-corrected chi connectivity index (χ3v) is 11.2. The van der Waals surface area contributed by atoms with Gasteiger partial charge in [-0.3, -0.25) is 24.0 Å². The molecule has 1 aliphatic rings. The maximum Gasteiger partial charge on any atom is 0.343 e. The molecular formula is C62H60O19. The zero-order valence-corrected chi connectivity index (χ0v) is 44.5. The van der Waals surface area contributed by atoms with Crippen LogP contribution in [0, 0.1) is 18.3 Å². The molecule has 0 radical (unpaired) electrons. The Morgan fingerprint density at radius 2 is 0.901 bits per heavy atom. The number of hydrogen-bond acceptors (Lipinski definition) is 19. The molecule has 19 heteroatoms. The molecular weight excluding hydrogens is 1050 g/mol. The zero-order chi connectivity index (χ0) is 59.0. The Bertz CT molecular complexity index is 2980. The van der Waals surface area contributed by atoms with Gasteiger partial charge in [0.15, 0.2) is 0 Å². The number of esters is 9. The van der Waals surface area contributed by atoms with Crippen LogP contribution in [0.3, 0.4) is 0 Å². The van der Waals surface area contributed by atoms with Crippen LogP contribution in [0.1, 0.15) is 66.2 Å². The quantitative estimate of drug-likeness (QED) is 0.00978. The van der Waals surface area contributed by atoms with Gasteiger partial charge in [-0.05, 0) is 109 Å². The number of hydrogen-bond donors (Lipinski definition) is 0. The van der Waals surface area contributed by atoms with E-state index in [1.54, 1.807) is 128 Å². The van der Waals surface area contributed by atoms with Crippen LogP contribution < -0.4 is 9.47 Å². The molecule has 0 bridgehead atoms. The van der Waals surface area contributed by atoms with E-state index < -0.39 is 59.1 Å². The summed E-state index contributed by atoms with van der Waals surface area (Å²) in [5.41, 5.74) is 1.72. The first-order valence-corrected chi connectivity index (χ1v) is 25.0. The van der Waals surface area contributed by atoms with E-state index in [-0.39, 0.29) is 119 Å². The lowest BCUT2D eigenvalue weighted by Gasteiger charge is -2.28. The van der Waals surface area contributed by atoms with E-state index in [4.69, 9.17) is 47.4 Å². The molecule has 0 N–H and O–H groups in total. The predicted molar refractivity (Wildman–Crippen MR) is 293 cm³/mol. The molecule has 5 rings (SSSR count). The summed E-state index contributed by atoms with van der Waals surface area (Å²) in [6, 6.07) is 26.2. The topological polar surface area (TPSA) is 246 Å². The molecule has 0 heterocycles. The van der Waals surface area contributed by atoms with Crippen molar-refractivity contribution in [2.75, 3.05) is 46.2 Å². The summed E-state index contributed by atoms with van der Waals surface area (Å²) in [4.78, 5) is 112. The van der Waals surface area contributed by atoms with Crippen molar-refractivity contribution in [2.45, 2.75) is 45.4 Å². The van der Waals surface area contributed by atoms with Gasteiger partial charge in [-0.1, -0.05) is 73.8 Å². The maximum absolute atomic E-state index is 13.9. The highest BCUT2D eigenvalue weighted by Crippen LogP contribution is 2.37. The lowest BCUT2D eigenvalue weighted by molar-refractivity contribution is -0.155. The largest absolute Gasteiger partial charge is 0.462 e. The second-order valence-electron chi connectivity index (χ2n) is 17.0. The molecule has 0 aliphatic heterocycles. The summed E-state index contributed by atoms with van der Waals surface area (Å²) in [6.07, 6.45) is 17.0. The van der Waals surface area contributed by atoms with Gasteiger partial charge in [-0.25, -0.2) is 19.2 Å². The van der Waals surface area contributed by atoms with Gasteiger partial charge < -0.3 is 47.4 Å². The molecule has 0 saturated heterocycles. The Kier molecular flexibility index (Phi) is 26.7. The fraction of sp³-hybridized carbons (Fsp3) is 0.242. The van der Waals surface area contributed by atoms with Gasteiger partial charge in [0.25, 0.3) is 0 Å². The van der Waals surface area contributed by atoms with Crippen molar-refractivity contribution in [1.29, 1.82) is 0 Å². The predicted octanol–water partition coefficient (Wildman–Crippen LogP) is 9.07. The lowest BCUT2D eigenvalue weighted by atomic mass is 9.83. The zero-order valence-electron chi connectivity index (χ0n) is 44.5. The third-order valence-electron chi connectivity index (χ3n) is 11.2. The smallest absolute Gasteiger partial charge is 0.343 e. The maximum atomic E-state index is 13.9. The molecule has 0 aromatic heterocycles. The number of rotatable bonds is 28. The Hall–Kier alpha value is -9.93. The van der Waals surface area contributed by atoms with Gasteiger partial charge in [-0.15, -0.1) is 19.4 Å². The van der Waals surface area contributed by atoms with E-state index in [0.29, 0.717) is 5.56 Å².